The lowest BCUT2D eigenvalue weighted by molar-refractivity contribution is 0.163. The van der Waals surface area contributed by atoms with Gasteiger partial charge in [0.2, 0.25) is 0 Å². The summed E-state index contributed by atoms with van der Waals surface area (Å²) in [5.74, 6) is 0.974. The quantitative estimate of drug-likeness (QED) is 0.184. The lowest BCUT2D eigenvalue weighted by Gasteiger charge is -2.40. The van der Waals surface area contributed by atoms with Crippen LogP contribution >= 0.6 is 23.5 Å². The van der Waals surface area contributed by atoms with Crippen molar-refractivity contribution in [2.45, 2.75) is 65.8 Å². The van der Waals surface area contributed by atoms with E-state index < -0.39 is 5.60 Å². The second kappa shape index (κ2) is 11.7. The first-order chi connectivity index (χ1) is 22.6. The molecule has 1 spiro atoms. The van der Waals surface area contributed by atoms with Gasteiger partial charge in [0.1, 0.15) is 5.75 Å². The van der Waals surface area contributed by atoms with Gasteiger partial charge in [-0.1, -0.05) is 105 Å². The fraction of sp³-hybridized carbons (Fsp3) is 0.262. The average Bonchev–Trinajstić information content (AvgIpc) is 3.39. The molecule has 0 unspecified atom stereocenters. The fourth-order valence-corrected chi connectivity index (χ4v) is 9.97. The van der Waals surface area contributed by atoms with Gasteiger partial charge in [-0.05, 0) is 83.3 Å². The highest BCUT2D eigenvalue weighted by molar-refractivity contribution is 8.01. The average molecular weight is 636 g/mol. The summed E-state index contributed by atoms with van der Waals surface area (Å²) in [6, 6.07) is 35.1. The van der Waals surface area contributed by atoms with Crippen molar-refractivity contribution in [2.75, 3.05) is 12.5 Å². The number of fused-ring (bicyclic) bond motifs is 10. The summed E-state index contributed by atoms with van der Waals surface area (Å²) in [7, 11) is 0. The number of rotatable bonds is 4. The molecule has 2 aliphatic carbocycles. The molecule has 3 aliphatic rings. The van der Waals surface area contributed by atoms with Crippen molar-refractivity contribution in [3.8, 4) is 22.9 Å². The van der Waals surface area contributed by atoms with Gasteiger partial charge in [0.25, 0.3) is 0 Å². The highest BCUT2D eigenvalue weighted by Gasteiger charge is 2.48. The maximum Gasteiger partial charge on any atom is 0.178 e. The van der Waals surface area contributed by atoms with Gasteiger partial charge in [0, 0.05) is 37.3 Å². The molecule has 4 heteroatoms. The minimum Gasteiger partial charge on any atom is -0.472 e. The zero-order valence-corrected chi connectivity index (χ0v) is 28.1. The maximum atomic E-state index is 10.1. The van der Waals surface area contributed by atoms with E-state index in [-0.39, 0.29) is 5.41 Å². The van der Waals surface area contributed by atoms with Crippen LogP contribution in [0.5, 0.6) is 5.75 Å². The first kappa shape index (κ1) is 29.5. The van der Waals surface area contributed by atoms with Crippen LogP contribution in [0.3, 0.4) is 0 Å². The molecule has 0 saturated heterocycles. The minimum atomic E-state index is -0.762. The molecule has 1 fully saturated rings. The van der Waals surface area contributed by atoms with Gasteiger partial charge >= 0.3 is 0 Å². The molecule has 2 nitrogen and oxygen atoms in total. The Bertz CT molecular complexity index is 1990. The number of nitrogens with zero attached hydrogens (tertiary/aromatic N) is 1. The van der Waals surface area contributed by atoms with Crippen LogP contribution in [0.25, 0.3) is 28.0 Å². The second-order valence-corrected chi connectivity index (χ2v) is 14.6. The van der Waals surface area contributed by atoms with E-state index in [1.54, 1.807) is 11.8 Å². The van der Waals surface area contributed by atoms with Crippen LogP contribution in [0.1, 0.15) is 78.3 Å². The molecule has 0 aromatic heterocycles. The van der Waals surface area contributed by atoms with Gasteiger partial charge in [-0.25, -0.2) is 0 Å². The number of ether oxygens (including phenoxy) is 1. The molecular formula is C42H37NOS2. The molecular weight excluding hydrogens is 599 g/mol. The van der Waals surface area contributed by atoms with E-state index in [0.717, 1.165) is 40.7 Å². The summed E-state index contributed by atoms with van der Waals surface area (Å²) in [4.78, 5) is 2.56. The van der Waals surface area contributed by atoms with Crippen LogP contribution < -0.4 is 4.74 Å². The van der Waals surface area contributed by atoms with Crippen LogP contribution in [0.15, 0.2) is 107 Å². The van der Waals surface area contributed by atoms with Crippen LogP contribution in [0.2, 0.25) is 0 Å². The molecule has 46 heavy (non-hydrogen) atoms. The molecule has 0 bridgehead atoms. The van der Waals surface area contributed by atoms with Crippen molar-refractivity contribution < 1.29 is 4.74 Å². The highest BCUT2D eigenvalue weighted by Crippen LogP contribution is 2.62. The van der Waals surface area contributed by atoms with Crippen molar-refractivity contribution in [1.29, 1.82) is 5.26 Å². The van der Waals surface area contributed by atoms with E-state index in [0.29, 0.717) is 0 Å². The molecule has 0 radical (unpaired) electrons. The van der Waals surface area contributed by atoms with Gasteiger partial charge in [0.05, 0.1) is 11.6 Å². The standard InChI is InChI=1S/C42H37NOS2/c1-45-36-25-33-34(26-37(36)46-2)40-32(20-23-42(44-40,29-14-8-6-9-15-29)30-16-10-7-11-17-30)39-38(33)31-19-18-28(27-43)24-35(31)41(39)21-12-4-3-5-13-22-41/h6-11,14-20,23-26H,3-5,12-13,21-22H2,1-2H3. The summed E-state index contributed by atoms with van der Waals surface area (Å²) >= 11 is 3.61. The van der Waals surface area contributed by atoms with Gasteiger partial charge in [-0.2, -0.15) is 5.26 Å². The van der Waals surface area contributed by atoms with Crippen molar-refractivity contribution in [3.63, 3.8) is 0 Å². The molecule has 5 aromatic carbocycles. The lowest BCUT2D eigenvalue weighted by Crippen LogP contribution is -2.35. The van der Waals surface area contributed by atoms with Gasteiger partial charge in [-0.3, -0.25) is 0 Å². The fourth-order valence-electron chi connectivity index (χ4n) is 8.48. The normalized spacial score (nSPS) is 17.3. The maximum absolute atomic E-state index is 10.1. The first-order valence-electron chi connectivity index (χ1n) is 16.4. The first-order valence-corrected chi connectivity index (χ1v) is 18.9. The smallest absolute Gasteiger partial charge is 0.178 e. The Morgan fingerprint density at radius 2 is 1.33 bits per heavy atom. The third-order valence-corrected chi connectivity index (χ3v) is 12.3. The largest absolute Gasteiger partial charge is 0.472 e. The van der Waals surface area contributed by atoms with Crippen LogP contribution in [-0.4, -0.2) is 12.5 Å². The van der Waals surface area contributed by atoms with E-state index in [4.69, 9.17) is 4.74 Å². The van der Waals surface area contributed by atoms with Crippen molar-refractivity contribution in [3.05, 3.63) is 130 Å². The monoisotopic (exact) mass is 635 g/mol. The number of nitriles is 1. The molecule has 228 valence electrons. The van der Waals surface area contributed by atoms with E-state index in [1.165, 1.54) is 75.1 Å². The van der Waals surface area contributed by atoms with Crippen molar-refractivity contribution in [1.82, 2.24) is 0 Å². The van der Waals surface area contributed by atoms with E-state index in [2.05, 4.69) is 116 Å². The summed E-state index contributed by atoms with van der Waals surface area (Å²) in [6.07, 6.45) is 17.4. The molecule has 8 rings (SSSR count). The number of hydrogen-bond donors (Lipinski definition) is 0. The second-order valence-electron chi connectivity index (χ2n) is 12.9. The van der Waals surface area contributed by atoms with Crippen molar-refractivity contribution >= 4 is 40.4 Å². The van der Waals surface area contributed by atoms with Crippen molar-refractivity contribution in [2.24, 2.45) is 0 Å². The lowest BCUT2D eigenvalue weighted by atomic mass is 9.67. The Kier molecular flexibility index (Phi) is 7.51. The predicted octanol–water partition coefficient (Wildman–Crippen LogP) is 11.5. The number of hydrogen-bond acceptors (Lipinski definition) is 4. The topological polar surface area (TPSA) is 33.0 Å². The molecule has 1 saturated carbocycles. The van der Waals surface area contributed by atoms with Crippen LogP contribution in [0, 0.1) is 11.3 Å². The summed E-state index contributed by atoms with van der Waals surface area (Å²) in [5, 5.41) is 12.5. The Morgan fingerprint density at radius 3 is 1.93 bits per heavy atom. The third kappa shape index (κ3) is 4.39. The van der Waals surface area contributed by atoms with E-state index >= 15 is 0 Å². The molecule has 0 amide bonds. The zero-order chi connectivity index (χ0) is 31.3. The molecule has 1 heterocycles. The number of benzene rings is 5. The summed E-state index contributed by atoms with van der Waals surface area (Å²) < 4.78 is 7.58. The van der Waals surface area contributed by atoms with Gasteiger partial charge in [0.15, 0.2) is 5.60 Å². The Hall–Kier alpha value is -3.91. The van der Waals surface area contributed by atoms with Gasteiger partial charge in [-0.15, -0.1) is 23.5 Å². The predicted molar refractivity (Wildman–Crippen MR) is 194 cm³/mol. The SMILES string of the molecule is CSc1cc2c3c(c4c(c2cc1SC)-c1ccc(C#N)cc1C41CCCCCCC1)C=CC(c1ccccc1)(c1ccccc1)O3. The Balaban J connectivity index is 1.50. The Morgan fingerprint density at radius 1 is 0.717 bits per heavy atom. The zero-order valence-electron chi connectivity index (χ0n) is 26.4. The van der Waals surface area contributed by atoms with E-state index in [9.17, 15) is 5.26 Å². The molecule has 5 aromatic rings. The minimum absolute atomic E-state index is 0.152. The molecule has 0 N–H and O–H groups in total. The van der Waals surface area contributed by atoms with Gasteiger partial charge < -0.3 is 4.74 Å². The molecule has 1 aliphatic heterocycles. The van der Waals surface area contributed by atoms with Crippen LogP contribution in [0.4, 0.5) is 0 Å². The molecule has 0 atom stereocenters. The summed E-state index contributed by atoms with van der Waals surface area (Å²) in [5.41, 5.74) is 8.67. The third-order valence-electron chi connectivity index (χ3n) is 10.6. The van der Waals surface area contributed by atoms with Crippen LogP contribution in [-0.2, 0) is 11.0 Å². The number of thioether (sulfide) groups is 2. The van der Waals surface area contributed by atoms with E-state index in [1.807, 2.05) is 17.8 Å². The Labute approximate surface area is 280 Å². The summed E-state index contributed by atoms with van der Waals surface area (Å²) in [6.45, 7) is 0. The highest BCUT2D eigenvalue weighted by atomic mass is 32.2.